The van der Waals surface area contributed by atoms with Crippen LogP contribution in [0, 0.1) is 5.92 Å². The molecule has 4 rings (SSSR count). The summed E-state index contributed by atoms with van der Waals surface area (Å²) >= 11 is 1.47. The molecule has 28 heavy (non-hydrogen) atoms. The minimum absolute atomic E-state index is 0.147. The van der Waals surface area contributed by atoms with E-state index in [2.05, 4.69) is 15.6 Å². The summed E-state index contributed by atoms with van der Waals surface area (Å²) in [5.74, 6) is -0.573. The van der Waals surface area contributed by atoms with E-state index in [-0.39, 0.29) is 17.6 Å². The summed E-state index contributed by atoms with van der Waals surface area (Å²) in [6, 6.07) is 18.8. The van der Waals surface area contributed by atoms with Crippen LogP contribution in [-0.4, -0.2) is 44.8 Å². The summed E-state index contributed by atoms with van der Waals surface area (Å²) in [5, 5.41) is 27.4. The van der Waals surface area contributed by atoms with Crippen LogP contribution in [0.1, 0.15) is 12.0 Å². The van der Waals surface area contributed by atoms with Crippen molar-refractivity contribution in [2.75, 3.05) is 5.32 Å². The fourth-order valence-electron chi connectivity index (χ4n) is 3.69. The minimum Gasteiger partial charge on any atom is -0.390 e. The van der Waals surface area contributed by atoms with Gasteiger partial charge in [0.1, 0.15) is 6.10 Å². The van der Waals surface area contributed by atoms with Gasteiger partial charge in [-0.3, -0.25) is 9.79 Å². The molecule has 2 aromatic rings. The van der Waals surface area contributed by atoms with Crippen LogP contribution >= 0.6 is 11.8 Å². The first-order valence-corrected chi connectivity index (χ1v) is 10.2. The predicted octanol–water partition coefficient (Wildman–Crippen LogP) is 2.00. The Hall–Kier alpha value is -2.35. The van der Waals surface area contributed by atoms with E-state index in [9.17, 15) is 15.0 Å². The smallest absolute Gasteiger partial charge is 0.228 e. The van der Waals surface area contributed by atoms with E-state index >= 15 is 0 Å². The summed E-state index contributed by atoms with van der Waals surface area (Å²) in [5.41, 5.74) is 1.81. The first-order valence-electron chi connectivity index (χ1n) is 9.35. The van der Waals surface area contributed by atoms with Crippen molar-refractivity contribution < 1.29 is 15.0 Å². The molecule has 0 unspecified atom stereocenters. The molecule has 2 aromatic carbocycles. The lowest BCUT2D eigenvalue weighted by atomic mass is 9.81. The van der Waals surface area contributed by atoms with Gasteiger partial charge in [0, 0.05) is 10.9 Å². The second kappa shape index (κ2) is 8.34. The van der Waals surface area contributed by atoms with Crippen molar-refractivity contribution in [1.82, 2.24) is 5.32 Å². The van der Waals surface area contributed by atoms with E-state index in [1.807, 2.05) is 60.7 Å². The molecule has 146 valence electrons. The number of hydrogen-bond donors (Lipinski definition) is 4. The van der Waals surface area contributed by atoms with Crippen molar-refractivity contribution in [3.05, 3.63) is 66.2 Å². The molecule has 7 heteroatoms. The van der Waals surface area contributed by atoms with Crippen molar-refractivity contribution in [2.24, 2.45) is 10.9 Å². The van der Waals surface area contributed by atoms with Crippen LogP contribution in [0.4, 0.5) is 5.69 Å². The first-order chi connectivity index (χ1) is 13.6. The summed E-state index contributed by atoms with van der Waals surface area (Å²) < 4.78 is 0. The van der Waals surface area contributed by atoms with Crippen molar-refractivity contribution in [1.29, 1.82) is 0 Å². The molecule has 1 saturated carbocycles. The lowest BCUT2D eigenvalue weighted by Gasteiger charge is -2.37. The number of rotatable bonds is 4. The number of amides is 1. The van der Waals surface area contributed by atoms with Gasteiger partial charge in [-0.2, -0.15) is 0 Å². The molecule has 2 aliphatic rings. The minimum atomic E-state index is -0.950. The quantitative estimate of drug-likeness (QED) is 0.633. The van der Waals surface area contributed by atoms with E-state index in [1.54, 1.807) is 0 Å². The number of para-hydroxylation sites is 1. The Balaban J connectivity index is 1.49. The van der Waals surface area contributed by atoms with Gasteiger partial charge in [-0.1, -0.05) is 60.3 Å². The molecule has 2 fully saturated rings. The zero-order valence-corrected chi connectivity index (χ0v) is 16.0. The molecule has 1 amide bonds. The highest BCUT2D eigenvalue weighted by Crippen LogP contribution is 2.39. The fourth-order valence-corrected chi connectivity index (χ4v) is 5.06. The van der Waals surface area contributed by atoms with Crippen molar-refractivity contribution in [3.8, 4) is 0 Å². The molecule has 0 spiro atoms. The maximum absolute atomic E-state index is 12.9. The number of nitrogens with zero attached hydrogens (tertiary/aromatic N) is 1. The number of hydrogen-bond acceptors (Lipinski definition) is 5. The molecule has 5 atom stereocenters. The Bertz CT molecular complexity index is 846. The molecular formula is C21H23N3O3S. The van der Waals surface area contributed by atoms with Crippen LogP contribution in [0.5, 0.6) is 0 Å². The van der Waals surface area contributed by atoms with E-state index in [4.69, 9.17) is 0 Å². The molecule has 0 radical (unpaired) electrons. The third-order valence-electron chi connectivity index (χ3n) is 5.17. The molecule has 1 saturated heterocycles. The average molecular weight is 398 g/mol. The van der Waals surface area contributed by atoms with Crippen molar-refractivity contribution >= 4 is 28.5 Å². The van der Waals surface area contributed by atoms with Crippen LogP contribution in [0.2, 0.25) is 0 Å². The average Bonchev–Trinajstić information content (AvgIpc) is 3.15. The molecule has 1 aliphatic heterocycles. The van der Waals surface area contributed by atoms with Gasteiger partial charge >= 0.3 is 0 Å². The number of fused-ring (bicyclic) bond motifs is 1. The second-order valence-corrected chi connectivity index (χ2v) is 8.28. The molecule has 0 bridgehead atoms. The Labute approximate surface area is 168 Å². The van der Waals surface area contributed by atoms with Crippen LogP contribution in [0.15, 0.2) is 65.7 Å². The fraction of sp³-hybridized carbons (Fsp3) is 0.333. The summed E-state index contributed by atoms with van der Waals surface area (Å²) in [4.78, 5) is 17.5. The highest BCUT2D eigenvalue weighted by atomic mass is 32.2. The van der Waals surface area contributed by atoms with Gasteiger partial charge < -0.3 is 20.8 Å². The Morgan fingerprint density at radius 1 is 1.11 bits per heavy atom. The lowest BCUT2D eigenvalue weighted by molar-refractivity contribution is -0.124. The number of carbonyl (C=O) groups excluding carboxylic acids is 1. The zero-order chi connectivity index (χ0) is 19.5. The maximum Gasteiger partial charge on any atom is 0.228 e. The SMILES string of the molecule is O=C(Nc1ccccc1)[C@H]1C[C@@H](O)[C@H](O)[C@H]2NC(=NCc3ccccc3)S[C@@H]21. The van der Waals surface area contributed by atoms with E-state index < -0.39 is 24.2 Å². The number of aliphatic hydroxyl groups excluding tert-OH is 2. The highest BCUT2D eigenvalue weighted by molar-refractivity contribution is 8.14. The first kappa shape index (κ1) is 19.0. The largest absolute Gasteiger partial charge is 0.390 e. The van der Waals surface area contributed by atoms with Crippen molar-refractivity contribution in [2.45, 2.75) is 36.5 Å². The van der Waals surface area contributed by atoms with Crippen LogP contribution < -0.4 is 10.6 Å². The van der Waals surface area contributed by atoms with Gasteiger partial charge in [0.05, 0.1) is 24.6 Å². The number of anilines is 1. The number of aliphatic imine (C=N–C) groups is 1. The molecule has 6 nitrogen and oxygen atoms in total. The molecule has 1 aliphatic carbocycles. The molecular weight excluding hydrogens is 374 g/mol. The van der Waals surface area contributed by atoms with Crippen LogP contribution in [0.25, 0.3) is 0 Å². The van der Waals surface area contributed by atoms with Gasteiger partial charge in [0.2, 0.25) is 5.91 Å². The van der Waals surface area contributed by atoms with E-state index in [1.165, 1.54) is 11.8 Å². The standard InChI is InChI=1S/C21H23N3O3S/c25-16-11-15(20(27)23-14-9-5-2-6-10-14)19-17(18(16)26)24-21(28-19)22-12-13-7-3-1-4-8-13/h1-10,15-19,25-26H,11-12H2,(H,22,24)(H,23,27)/t15-,16+,17+,18-,19+/m0/s1. The Kier molecular flexibility index (Phi) is 5.66. The monoisotopic (exact) mass is 397 g/mol. The predicted molar refractivity (Wildman–Crippen MR) is 111 cm³/mol. The van der Waals surface area contributed by atoms with Gasteiger partial charge in [-0.25, -0.2) is 0 Å². The maximum atomic E-state index is 12.9. The van der Waals surface area contributed by atoms with Gasteiger partial charge in [-0.05, 0) is 24.1 Å². The summed E-state index contributed by atoms with van der Waals surface area (Å²) in [6.07, 6.45) is -1.65. The number of carbonyl (C=O) groups is 1. The van der Waals surface area contributed by atoms with Crippen molar-refractivity contribution in [3.63, 3.8) is 0 Å². The lowest BCUT2D eigenvalue weighted by Crippen LogP contribution is -2.57. The van der Waals surface area contributed by atoms with Crippen LogP contribution in [0.3, 0.4) is 0 Å². The zero-order valence-electron chi connectivity index (χ0n) is 15.2. The Morgan fingerprint density at radius 3 is 2.50 bits per heavy atom. The van der Waals surface area contributed by atoms with Gasteiger partial charge in [0.25, 0.3) is 0 Å². The van der Waals surface area contributed by atoms with Gasteiger partial charge in [-0.15, -0.1) is 0 Å². The third-order valence-corrected chi connectivity index (χ3v) is 6.54. The molecule has 0 aromatic heterocycles. The molecule has 4 N–H and O–H groups in total. The molecule has 1 heterocycles. The van der Waals surface area contributed by atoms with E-state index in [0.717, 1.165) is 11.3 Å². The number of benzene rings is 2. The van der Waals surface area contributed by atoms with Gasteiger partial charge in [0.15, 0.2) is 5.17 Å². The van der Waals surface area contributed by atoms with E-state index in [0.29, 0.717) is 11.7 Å². The third kappa shape index (κ3) is 4.06. The van der Waals surface area contributed by atoms with Crippen LogP contribution in [-0.2, 0) is 11.3 Å². The Morgan fingerprint density at radius 2 is 1.79 bits per heavy atom. The topological polar surface area (TPSA) is 94.0 Å². The summed E-state index contributed by atoms with van der Waals surface area (Å²) in [7, 11) is 0. The number of aliphatic hydroxyl groups is 2. The normalized spacial score (nSPS) is 30.5. The number of thioether (sulfide) groups is 1. The highest BCUT2D eigenvalue weighted by Gasteiger charge is 2.50. The number of nitrogens with one attached hydrogen (secondary N) is 2. The summed E-state index contributed by atoms with van der Waals surface area (Å²) in [6.45, 7) is 0.523. The number of amidine groups is 1. The second-order valence-electron chi connectivity index (χ2n) is 7.11.